The smallest absolute Gasteiger partial charge is 0.108 e. The van der Waals surface area contributed by atoms with Gasteiger partial charge in [-0.25, -0.2) is 0 Å². The van der Waals surface area contributed by atoms with E-state index in [9.17, 15) is 0 Å². The minimum Gasteiger partial charge on any atom is -0.386 e. The quantitative estimate of drug-likeness (QED) is 0.541. The fourth-order valence-electron chi connectivity index (χ4n) is 2.46. The lowest BCUT2D eigenvalue weighted by atomic mass is 10.1. The Morgan fingerprint density at radius 1 is 1.33 bits per heavy atom. The van der Waals surface area contributed by atoms with E-state index in [0.717, 1.165) is 6.54 Å². The molecule has 3 heteroatoms. The third-order valence-corrected chi connectivity index (χ3v) is 3.32. The minimum absolute atomic E-state index is 0.107. The molecule has 0 saturated heterocycles. The van der Waals surface area contributed by atoms with Crippen LogP contribution in [-0.2, 0) is 0 Å². The van der Waals surface area contributed by atoms with Crippen LogP contribution in [0.3, 0.4) is 0 Å². The molecule has 0 aromatic carbocycles. The van der Waals surface area contributed by atoms with E-state index in [4.69, 9.17) is 11.1 Å². The third-order valence-electron chi connectivity index (χ3n) is 3.32. The number of nitrogens with one attached hydrogen (secondary N) is 1. The highest BCUT2D eigenvalue weighted by atomic mass is 15.2. The summed E-state index contributed by atoms with van der Waals surface area (Å²) >= 11 is 0. The van der Waals surface area contributed by atoms with Crippen molar-refractivity contribution < 1.29 is 0 Å². The Bertz CT molecular complexity index is 207. The molecule has 3 N–H and O–H groups in total. The highest BCUT2D eigenvalue weighted by molar-refractivity contribution is 5.82. The molecule has 1 rings (SSSR count). The van der Waals surface area contributed by atoms with Gasteiger partial charge < -0.3 is 5.73 Å². The third kappa shape index (κ3) is 3.49. The van der Waals surface area contributed by atoms with Crippen LogP contribution in [0.15, 0.2) is 0 Å². The lowest BCUT2D eigenvalue weighted by molar-refractivity contribution is 0.159. The second-order valence-corrected chi connectivity index (χ2v) is 5.16. The predicted octanol–water partition coefficient (Wildman–Crippen LogP) is 2.21. The molecule has 1 unspecified atom stereocenters. The van der Waals surface area contributed by atoms with Crippen LogP contribution in [0.2, 0.25) is 0 Å². The molecule has 0 spiro atoms. The molecule has 0 heterocycles. The first-order chi connectivity index (χ1) is 7.02. The summed E-state index contributed by atoms with van der Waals surface area (Å²) < 4.78 is 0. The van der Waals surface area contributed by atoms with Gasteiger partial charge in [0.05, 0.1) is 6.04 Å². The topological polar surface area (TPSA) is 53.1 Å². The zero-order valence-electron chi connectivity index (χ0n) is 10.3. The van der Waals surface area contributed by atoms with Crippen molar-refractivity contribution in [2.75, 3.05) is 6.54 Å². The molecule has 0 amide bonds. The molecule has 0 bridgehead atoms. The maximum Gasteiger partial charge on any atom is 0.108 e. The van der Waals surface area contributed by atoms with E-state index in [1.54, 1.807) is 0 Å². The first-order valence-electron chi connectivity index (χ1n) is 6.12. The number of nitrogens with two attached hydrogens (primary N) is 1. The van der Waals surface area contributed by atoms with Crippen molar-refractivity contribution in [2.45, 2.75) is 58.5 Å². The number of nitrogens with zero attached hydrogens (tertiary/aromatic N) is 1. The summed E-state index contributed by atoms with van der Waals surface area (Å²) in [4.78, 5) is 2.43. The molecular weight excluding hydrogens is 186 g/mol. The molecule has 0 radical (unpaired) electrons. The molecule has 3 nitrogen and oxygen atoms in total. The van der Waals surface area contributed by atoms with Crippen LogP contribution in [0.1, 0.15) is 46.5 Å². The Morgan fingerprint density at radius 3 is 2.27 bits per heavy atom. The highest BCUT2D eigenvalue weighted by Gasteiger charge is 2.27. The van der Waals surface area contributed by atoms with Crippen LogP contribution >= 0.6 is 0 Å². The van der Waals surface area contributed by atoms with Gasteiger partial charge in [0, 0.05) is 12.6 Å². The van der Waals surface area contributed by atoms with Crippen molar-refractivity contribution in [3.63, 3.8) is 0 Å². The summed E-state index contributed by atoms with van der Waals surface area (Å²) in [5, 5.41) is 7.58. The SMILES string of the molecule is CC(C)CN(C1CCCC1)C(C)C(=N)N. The number of rotatable bonds is 5. The van der Waals surface area contributed by atoms with Crippen LogP contribution in [0.5, 0.6) is 0 Å². The second-order valence-electron chi connectivity index (χ2n) is 5.16. The van der Waals surface area contributed by atoms with E-state index in [1.165, 1.54) is 25.7 Å². The molecule has 1 saturated carbocycles. The van der Waals surface area contributed by atoms with E-state index < -0.39 is 0 Å². The summed E-state index contributed by atoms with van der Waals surface area (Å²) in [5.74, 6) is 0.954. The normalized spacial score (nSPS) is 20.1. The van der Waals surface area contributed by atoms with Crippen LogP contribution < -0.4 is 5.73 Å². The standard InChI is InChI=1S/C12H25N3/c1-9(2)8-15(10(3)12(13)14)11-6-4-5-7-11/h9-11H,4-8H2,1-3H3,(H3,13,14). The average Bonchev–Trinajstić information content (AvgIpc) is 2.65. The van der Waals surface area contributed by atoms with Gasteiger partial charge in [0.25, 0.3) is 0 Å². The van der Waals surface area contributed by atoms with Crippen molar-refractivity contribution in [2.24, 2.45) is 11.7 Å². The monoisotopic (exact) mass is 211 g/mol. The molecule has 88 valence electrons. The molecule has 1 aliphatic carbocycles. The second kappa shape index (κ2) is 5.50. The maximum absolute atomic E-state index is 7.58. The minimum atomic E-state index is 0.107. The van der Waals surface area contributed by atoms with Gasteiger partial charge in [0.1, 0.15) is 5.84 Å². The zero-order chi connectivity index (χ0) is 11.4. The molecular formula is C12H25N3. The molecule has 1 atom stereocenters. The van der Waals surface area contributed by atoms with Crippen molar-refractivity contribution in [1.29, 1.82) is 5.41 Å². The molecule has 0 aliphatic heterocycles. The van der Waals surface area contributed by atoms with Crippen LogP contribution in [-0.4, -0.2) is 29.4 Å². The average molecular weight is 211 g/mol. The van der Waals surface area contributed by atoms with E-state index in [0.29, 0.717) is 17.8 Å². The van der Waals surface area contributed by atoms with Gasteiger partial charge in [-0.15, -0.1) is 0 Å². The Kier molecular flexibility index (Phi) is 4.58. The number of amidine groups is 1. The highest BCUT2D eigenvalue weighted by Crippen LogP contribution is 2.25. The van der Waals surface area contributed by atoms with Gasteiger partial charge in [-0.1, -0.05) is 26.7 Å². The fraction of sp³-hybridized carbons (Fsp3) is 0.917. The lowest BCUT2D eigenvalue weighted by Gasteiger charge is -2.35. The van der Waals surface area contributed by atoms with E-state index >= 15 is 0 Å². The van der Waals surface area contributed by atoms with Crippen molar-refractivity contribution in [1.82, 2.24) is 4.90 Å². The predicted molar refractivity (Wildman–Crippen MR) is 65.2 cm³/mol. The van der Waals surface area contributed by atoms with Crippen LogP contribution in [0.4, 0.5) is 0 Å². The van der Waals surface area contributed by atoms with E-state index in [-0.39, 0.29) is 6.04 Å². The zero-order valence-corrected chi connectivity index (χ0v) is 10.3. The number of hydrogen-bond acceptors (Lipinski definition) is 2. The van der Waals surface area contributed by atoms with Gasteiger partial charge in [-0.05, 0) is 25.7 Å². The van der Waals surface area contributed by atoms with Crippen molar-refractivity contribution in [3.8, 4) is 0 Å². The van der Waals surface area contributed by atoms with Crippen molar-refractivity contribution >= 4 is 5.84 Å². The van der Waals surface area contributed by atoms with Gasteiger partial charge in [-0.2, -0.15) is 0 Å². The van der Waals surface area contributed by atoms with Crippen LogP contribution in [0.25, 0.3) is 0 Å². The Labute approximate surface area is 93.5 Å². The number of hydrogen-bond donors (Lipinski definition) is 2. The van der Waals surface area contributed by atoms with Crippen molar-refractivity contribution in [3.05, 3.63) is 0 Å². The Hall–Kier alpha value is -0.570. The lowest BCUT2D eigenvalue weighted by Crippen LogP contribution is -2.48. The maximum atomic E-state index is 7.58. The molecule has 0 aromatic heterocycles. The van der Waals surface area contributed by atoms with Gasteiger partial charge in [-0.3, -0.25) is 10.3 Å². The largest absolute Gasteiger partial charge is 0.386 e. The molecule has 1 fully saturated rings. The summed E-state index contributed by atoms with van der Waals surface area (Å²) in [6.07, 6.45) is 5.24. The van der Waals surface area contributed by atoms with Gasteiger partial charge in [0.15, 0.2) is 0 Å². The Balaban J connectivity index is 2.62. The summed E-state index contributed by atoms with van der Waals surface area (Å²) in [5.41, 5.74) is 5.62. The first kappa shape index (κ1) is 12.5. The van der Waals surface area contributed by atoms with E-state index in [2.05, 4.69) is 25.7 Å². The Morgan fingerprint density at radius 2 is 1.87 bits per heavy atom. The van der Waals surface area contributed by atoms with E-state index in [1.807, 2.05) is 0 Å². The molecule has 1 aliphatic rings. The first-order valence-corrected chi connectivity index (χ1v) is 6.12. The molecule has 0 aromatic rings. The van der Waals surface area contributed by atoms with Gasteiger partial charge >= 0.3 is 0 Å². The van der Waals surface area contributed by atoms with Gasteiger partial charge in [0.2, 0.25) is 0 Å². The summed E-state index contributed by atoms with van der Waals surface area (Å²) in [7, 11) is 0. The fourth-order valence-corrected chi connectivity index (χ4v) is 2.46. The summed E-state index contributed by atoms with van der Waals surface area (Å²) in [6.45, 7) is 7.58. The van der Waals surface area contributed by atoms with Crippen LogP contribution in [0, 0.1) is 11.3 Å². The molecule has 15 heavy (non-hydrogen) atoms. The summed E-state index contributed by atoms with van der Waals surface area (Å²) in [6, 6.07) is 0.766.